The van der Waals surface area contributed by atoms with E-state index in [0.29, 0.717) is 19.3 Å². The van der Waals surface area contributed by atoms with Gasteiger partial charge in [-0.05, 0) is 55.3 Å². The molecule has 1 saturated heterocycles. The van der Waals surface area contributed by atoms with E-state index < -0.39 is 5.79 Å². The predicted molar refractivity (Wildman–Crippen MR) is 96.4 cm³/mol. The molecule has 1 saturated carbocycles. The van der Waals surface area contributed by atoms with E-state index in [9.17, 15) is 0 Å². The third-order valence-corrected chi connectivity index (χ3v) is 6.65. The highest BCUT2D eigenvalue weighted by molar-refractivity contribution is 5.87. The molecular formula is C21H25NO4. The summed E-state index contributed by atoms with van der Waals surface area (Å²) in [5.41, 5.74) is 5.40. The Morgan fingerprint density at radius 2 is 2.08 bits per heavy atom. The summed E-state index contributed by atoms with van der Waals surface area (Å²) in [7, 11) is 1.71. The van der Waals surface area contributed by atoms with Gasteiger partial charge in [0, 0.05) is 23.6 Å². The number of rotatable bonds is 4. The molecule has 2 fully saturated rings. The van der Waals surface area contributed by atoms with E-state index in [2.05, 4.69) is 11.4 Å². The smallest absolute Gasteiger partial charge is 0.210 e. The first-order chi connectivity index (χ1) is 12.8. The van der Waals surface area contributed by atoms with Crippen molar-refractivity contribution in [2.75, 3.05) is 26.9 Å². The van der Waals surface area contributed by atoms with Gasteiger partial charge in [-0.2, -0.15) is 0 Å². The minimum Gasteiger partial charge on any atom is -0.493 e. The molecule has 0 aromatic heterocycles. The number of fused-ring (bicyclic) bond motifs is 1. The van der Waals surface area contributed by atoms with Gasteiger partial charge in [-0.25, -0.2) is 0 Å². The second-order valence-corrected chi connectivity index (χ2v) is 8.18. The number of nitrogens with one attached hydrogen (secondary N) is 1. The van der Waals surface area contributed by atoms with E-state index in [0.717, 1.165) is 43.2 Å². The minimum absolute atomic E-state index is 0.177. The first-order valence-electron chi connectivity index (χ1n) is 9.90. The van der Waals surface area contributed by atoms with Gasteiger partial charge in [0.05, 0.1) is 20.3 Å². The Kier molecular flexibility index (Phi) is 3.26. The monoisotopic (exact) mass is 355 g/mol. The Morgan fingerprint density at radius 1 is 1.23 bits per heavy atom. The normalized spacial score (nSPS) is 30.5. The van der Waals surface area contributed by atoms with E-state index in [1.165, 1.54) is 35.1 Å². The van der Waals surface area contributed by atoms with Crippen molar-refractivity contribution in [3.8, 4) is 11.5 Å². The quantitative estimate of drug-likeness (QED) is 0.900. The van der Waals surface area contributed by atoms with Crippen LogP contribution in [0.25, 0.3) is 5.57 Å². The third kappa shape index (κ3) is 2.08. The summed E-state index contributed by atoms with van der Waals surface area (Å²) in [4.78, 5) is 0. The maximum Gasteiger partial charge on any atom is 0.210 e. The van der Waals surface area contributed by atoms with E-state index >= 15 is 0 Å². The second-order valence-electron chi connectivity index (χ2n) is 8.18. The van der Waals surface area contributed by atoms with Gasteiger partial charge in [0.1, 0.15) is 0 Å². The van der Waals surface area contributed by atoms with Crippen molar-refractivity contribution in [1.82, 2.24) is 5.32 Å². The molecule has 6 rings (SSSR count). The lowest BCUT2D eigenvalue weighted by Crippen LogP contribution is -2.51. The van der Waals surface area contributed by atoms with Crippen LogP contribution in [-0.2, 0) is 15.9 Å². The van der Waals surface area contributed by atoms with E-state index in [4.69, 9.17) is 18.9 Å². The summed E-state index contributed by atoms with van der Waals surface area (Å²) in [6.45, 7) is 2.42. The van der Waals surface area contributed by atoms with Gasteiger partial charge in [-0.15, -0.1) is 0 Å². The van der Waals surface area contributed by atoms with Crippen molar-refractivity contribution < 1.29 is 18.9 Å². The fourth-order valence-electron chi connectivity index (χ4n) is 5.17. The molecule has 2 atom stereocenters. The highest BCUT2D eigenvalue weighted by Crippen LogP contribution is 2.57. The summed E-state index contributed by atoms with van der Waals surface area (Å²) in [5, 5.41) is 3.85. The molecular weight excluding hydrogens is 330 g/mol. The molecule has 2 heterocycles. The molecule has 2 aliphatic heterocycles. The molecule has 5 nitrogen and oxygen atoms in total. The Balaban J connectivity index is 1.47. The van der Waals surface area contributed by atoms with Crippen molar-refractivity contribution in [2.24, 2.45) is 5.92 Å². The van der Waals surface area contributed by atoms with E-state index in [1.54, 1.807) is 7.11 Å². The first kappa shape index (κ1) is 15.5. The standard InChI is InChI=1S/C21H25NO4/c1-23-16-5-4-13-10-15(22-11-12-2-3-12)14-6-7-21(24-8-9-25-21)20-18(14)17(13)19(16)26-20/h4-5,12,15,20,22H,2-3,6-11H2,1H3/t15-,20?/m1/s1. The zero-order valence-electron chi connectivity index (χ0n) is 15.2. The molecule has 1 N–H and O–H groups in total. The van der Waals surface area contributed by atoms with Crippen LogP contribution in [0.15, 0.2) is 17.7 Å². The summed E-state index contributed by atoms with van der Waals surface area (Å²) in [6, 6.07) is 4.65. The molecule has 0 radical (unpaired) electrons. The highest BCUT2D eigenvalue weighted by atomic mass is 16.8. The zero-order valence-corrected chi connectivity index (χ0v) is 15.2. The van der Waals surface area contributed by atoms with Crippen molar-refractivity contribution in [3.63, 3.8) is 0 Å². The first-order valence-corrected chi connectivity index (χ1v) is 9.90. The van der Waals surface area contributed by atoms with Crippen LogP contribution in [0.2, 0.25) is 0 Å². The number of methoxy groups -OCH3 is 1. The highest BCUT2D eigenvalue weighted by Gasteiger charge is 2.57. The van der Waals surface area contributed by atoms with Gasteiger partial charge in [0.15, 0.2) is 17.6 Å². The summed E-state index contributed by atoms with van der Waals surface area (Å²) >= 11 is 0. The lowest BCUT2D eigenvalue weighted by atomic mass is 9.73. The fraction of sp³-hybridized carbons (Fsp3) is 0.619. The van der Waals surface area contributed by atoms with Gasteiger partial charge < -0.3 is 24.3 Å². The Bertz CT molecular complexity index is 791. The molecule has 1 aromatic rings. The van der Waals surface area contributed by atoms with Crippen molar-refractivity contribution in [2.45, 2.75) is 50.0 Å². The van der Waals surface area contributed by atoms with Gasteiger partial charge in [0.25, 0.3) is 0 Å². The van der Waals surface area contributed by atoms with Crippen LogP contribution in [0.3, 0.4) is 0 Å². The van der Waals surface area contributed by atoms with Gasteiger partial charge in [0.2, 0.25) is 5.79 Å². The van der Waals surface area contributed by atoms with Crippen LogP contribution in [-0.4, -0.2) is 44.8 Å². The third-order valence-electron chi connectivity index (χ3n) is 6.65. The maximum absolute atomic E-state index is 6.49. The molecule has 5 aliphatic rings. The molecule has 5 heteroatoms. The molecule has 0 amide bonds. The number of hydrogen-bond acceptors (Lipinski definition) is 5. The lowest BCUT2D eigenvalue weighted by Gasteiger charge is -2.41. The molecule has 26 heavy (non-hydrogen) atoms. The van der Waals surface area contributed by atoms with Gasteiger partial charge >= 0.3 is 0 Å². The van der Waals surface area contributed by atoms with E-state index in [1.807, 2.05) is 6.07 Å². The van der Waals surface area contributed by atoms with E-state index in [-0.39, 0.29) is 6.10 Å². The SMILES string of the molecule is COc1ccc2c3c1OC1C3=C(CCC13OCCO3)[C@H](NCC1CC1)C2. The number of hydrogen-bond donors (Lipinski definition) is 1. The van der Waals surface area contributed by atoms with Gasteiger partial charge in [-0.1, -0.05) is 6.07 Å². The number of benzene rings is 1. The molecule has 0 bridgehead atoms. The minimum atomic E-state index is -0.626. The molecule has 1 spiro atoms. The molecule has 3 aliphatic carbocycles. The average Bonchev–Trinajstić information content (AvgIpc) is 3.22. The summed E-state index contributed by atoms with van der Waals surface area (Å²) in [5.74, 6) is 1.94. The largest absolute Gasteiger partial charge is 0.493 e. The Morgan fingerprint density at radius 3 is 2.85 bits per heavy atom. The second kappa shape index (κ2) is 5.47. The topological polar surface area (TPSA) is 49.0 Å². The Hall–Kier alpha value is -1.56. The molecule has 138 valence electrons. The van der Waals surface area contributed by atoms with Crippen molar-refractivity contribution in [3.05, 3.63) is 28.8 Å². The van der Waals surface area contributed by atoms with Crippen LogP contribution in [0.1, 0.15) is 36.8 Å². The van der Waals surface area contributed by atoms with Crippen LogP contribution >= 0.6 is 0 Å². The predicted octanol–water partition coefficient (Wildman–Crippen LogP) is 2.67. The van der Waals surface area contributed by atoms with Crippen LogP contribution in [0.4, 0.5) is 0 Å². The lowest BCUT2D eigenvalue weighted by molar-refractivity contribution is -0.201. The molecule has 1 unspecified atom stereocenters. The fourth-order valence-corrected chi connectivity index (χ4v) is 5.17. The zero-order chi connectivity index (χ0) is 17.3. The molecule has 1 aromatic carbocycles. The summed E-state index contributed by atoms with van der Waals surface area (Å²) < 4.78 is 24.3. The van der Waals surface area contributed by atoms with Crippen LogP contribution < -0.4 is 14.8 Å². The number of ether oxygens (including phenoxy) is 4. The Labute approximate surface area is 153 Å². The van der Waals surface area contributed by atoms with Crippen LogP contribution in [0.5, 0.6) is 11.5 Å². The van der Waals surface area contributed by atoms with Gasteiger partial charge in [-0.3, -0.25) is 0 Å². The average molecular weight is 355 g/mol. The van der Waals surface area contributed by atoms with Crippen molar-refractivity contribution >= 4 is 5.57 Å². The summed E-state index contributed by atoms with van der Waals surface area (Å²) in [6.07, 6.45) is 5.48. The van der Waals surface area contributed by atoms with Crippen molar-refractivity contribution in [1.29, 1.82) is 0 Å². The maximum atomic E-state index is 6.49. The van der Waals surface area contributed by atoms with Crippen LogP contribution in [0, 0.1) is 5.92 Å².